The van der Waals surface area contributed by atoms with E-state index in [1.54, 1.807) is 23.1 Å². The van der Waals surface area contributed by atoms with Crippen molar-refractivity contribution in [2.45, 2.75) is 39.5 Å². The van der Waals surface area contributed by atoms with Gasteiger partial charge in [-0.05, 0) is 17.7 Å². The molecule has 9 heteroatoms. The summed E-state index contributed by atoms with van der Waals surface area (Å²) >= 11 is 0. The van der Waals surface area contributed by atoms with Gasteiger partial charge in [0.2, 0.25) is 11.8 Å². The number of nitrogens with zero attached hydrogens (tertiary/aromatic N) is 3. The van der Waals surface area contributed by atoms with Gasteiger partial charge in [0, 0.05) is 16.5 Å². The van der Waals surface area contributed by atoms with Crippen LogP contribution in [0.3, 0.4) is 0 Å². The number of fused-ring (bicyclic) bond motifs is 1. The molecule has 0 N–H and O–H groups in total. The summed E-state index contributed by atoms with van der Waals surface area (Å²) in [6.45, 7) is 6.08. The molecule has 4 rings (SSSR count). The topological polar surface area (TPSA) is 68.5 Å². The highest BCUT2D eigenvalue weighted by atomic mass is 19.4. The van der Waals surface area contributed by atoms with Gasteiger partial charge < -0.3 is 14.1 Å². The third-order valence-electron chi connectivity index (χ3n) is 5.18. The number of rotatable bonds is 2. The van der Waals surface area contributed by atoms with Crippen molar-refractivity contribution in [1.29, 1.82) is 0 Å². The first kappa shape index (κ1) is 21.9. The molecule has 6 nitrogen and oxygen atoms in total. The highest BCUT2D eigenvalue weighted by Gasteiger charge is 2.39. The molecule has 2 heterocycles. The van der Waals surface area contributed by atoms with E-state index >= 15 is 0 Å². The number of carbonyl (C=O) groups excluding carboxylic acids is 1. The van der Waals surface area contributed by atoms with E-state index in [4.69, 9.17) is 9.15 Å². The Morgan fingerprint density at radius 2 is 1.78 bits per heavy atom. The van der Waals surface area contributed by atoms with Gasteiger partial charge in [-0.1, -0.05) is 57.2 Å². The molecule has 0 aliphatic carbocycles. The molecule has 1 amide bonds. The fraction of sp³-hybridized carbons (Fsp3) is 0.348. The molecule has 0 saturated carbocycles. The first-order chi connectivity index (χ1) is 15.0. The maximum atomic E-state index is 13.3. The summed E-state index contributed by atoms with van der Waals surface area (Å²) < 4.78 is 49.2. The third-order valence-corrected chi connectivity index (χ3v) is 5.18. The van der Waals surface area contributed by atoms with Gasteiger partial charge in [0.05, 0.1) is 12.6 Å². The second kappa shape index (κ2) is 7.96. The first-order valence-corrected chi connectivity index (χ1v) is 10.1. The molecule has 0 saturated heterocycles. The summed E-state index contributed by atoms with van der Waals surface area (Å²) in [6, 6.07) is 14.1. The summed E-state index contributed by atoms with van der Waals surface area (Å²) in [5, 5.41) is 6.58. The Hall–Kier alpha value is -3.36. The van der Waals surface area contributed by atoms with Gasteiger partial charge >= 0.3 is 12.1 Å². The van der Waals surface area contributed by atoms with E-state index in [2.05, 4.69) is 10.2 Å². The highest BCUT2D eigenvalue weighted by molar-refractivity contribution is 5.82. The molecule has 0 radical (unpaired) electrons. The van der Waals surface area contributed by atoms with Crippen LogP contribution < -0.4 is 4.74 Å². The number of ether oxygens (including phenoxy) is 1. The molecule has 1 aliphatic heterocycles. The molecule has 0 bridgehead atoms. The maximum absolute atomic E-state index is 13.3. The molecule has 32 heavy (non-hydrogen) atoms. The fourth-order valence-corrected chi connectivity index (χ4v) is 3.55. The molecule has 3 aromatic rings. The number of alkyl halides is 3. The largest absolute Gasteiger partial charge is 0.491 e. The maximum Gasteiger partial charge on any atom is 0.470 e. The zero-order chi connectivity index (χ0) is 23.1. The lowest BCUT2D eigenvalue weighted by Crippen LogP contribution is -2.42. The lowest BCUT2D eigenvalue weighted by Gasteiger charge is -2.34. The Kier molecular flexibility index (Phi) is 5.44. The number of amides is 1. The molecular formula is C23H22F3N3O3. The first-order valence-electron chi connectivity index (χ1n) is 10.1. The second-order valence-corrected chi connectivity index (χ2v) is 8.65. The van der Waals surface area contributed by atoms with Crippen LogP contribution in [0, 0.1) is 5.41 Å². The van der Waals surface area contributed by atoms with Gasteiger partial charge in [-0.2, -0.15) is 13.2 Å². The van der Waals surface area contributed by atoms with E-state index in [1.165, 1.54) is 0 Å². The fourth-order valence-electron chi connectivity index (χ4n) is 3.55. The average molecular weight is 445 g/mol. The standard InChI is InChI=1S/C23H22F3N3O3/c1-22(2,3)21(30)29-12-16-10-9-15(19-27-28-20(32-19)23(24,25)26)11-18(16)31-13-17(29)14-7-5-4-6-8-14/h4-11,17H,12-13H2,1-3H3/t17-/m1/s1. The molecule has 0 fully saturated rings. The van der Waals surface area contributed by atoms with Crippen molar-refractivity contribution in [2.24, 2.45) is 5.41 Å². The summed E-state index contributed by atoms with van der Waals surface area (Å²) in [6.07, 6.45) is -4.72. The van der Waals surface area contributed by atoms with Crippen LogP contribution >= 0.6 is 0 Å². The lowest BCUT2D eigenvalue weighted by atomic mass is 9.92. The number of hydrogen-bond donors (Lipinski definition) is 0. The van der Waals surface area contributed by atoms with E-state index < -0.39 is 17.5 Å². The molecule has 0 spiro atoms. The van der Waals surface area contributed by atoms with Crippen LogP contribution in [0.5, 0.6) is 5.75 Å². The van der Waals surface area contributed by atoms with Crippen LogP contribution in [0.25, 0.3) is 11.5 Å². The van der Waals surface area contributed by atoms with Gasteiger partial charge in [-0.25, -0.2) is 0 Å². The van der Waals surface area contributed by atoms with Gasteiger partial charge in [-0.3, -0.25) is 4.79 Å². The Morgan fingerprint density at radius 1 is 1.06 bits per heavy atom. The summed E-state index contributed by atoms with van der Waals surface area (Å²) in [7, 11) is 0. The molecule has 1 atom stereocenters. The zero-order valence-electron chi connectivity index (χ0n) is 17.8. The monoisotopic (exact) mass is 445 g/mol. The number of hydrogen-bond acceptors (Lipinski definition) is 5. The number of aromatic nitrogens is 2. The number of carbonyl (C=O) groups is 1. The Bertz CT molecular complexity index is 1120. The molecule has 1 aliphatic rings. The van der Waals surface area contributed by atoms with E-state index in [-0.39, 0.29) is 24.4 Å². The molecule has 2 aromatic carbocycles. The lowest BCUT2D eigenvalue weighted by molar-refractivity contribution is -0.157. The molecule has 0 unspecified atom stereocenters. The van der Waals surface area contributed by atoms with Crippen molar-refractivity contribution in [3.8, 4) is 17.2 Å². The van der Waals surface area contributed by atoms with Crippen molar-refractivity contribution in [2.75, 3.05) is 6.61 Å². The van der Waals surface area contributed by atoms with Crippen molar-refractivity contribution >= 4 is 5.91 Å². The summed E-state index contributed by atoms with van der Waals surface area (Å²) in [5.74, 6) is -1.23. The van der Waals surface area contributed by atoms with Crippen LogP contribution in [0.1, 0.15) is 43.8 Å². The van der Waals surface area contributed by atoms with Crippen LogP contribution in [0.2, 0.25) is 0 Å². The van der Waals surface area contributed by atoms with Crippen LogP contribution in [0.4, 0.5) is 13.2 Å². The Balaban J connectivity index is 1.70. The number of halogens is 3. The van der Waals surface area contributed by atoms with E-state index in [1.807, 2.05) is 51.1 Å². The third kappa shape index (κ3) is 4.32. The van der Waals surface area contributed by atoms with Crippen molar-refractivity contribution in [3.63, 3.8) is 0 Å². The minimum Gasteiger partial charge on any atom is -0.491 e. The SMILES string of the molecule is CC(C)(C)C(=O)N1Cc2ccc(-c3nnc(C(F)(F)F)o3)cc2OC[C@@H]1c1ccccc1. The Labute approximate surface area is 183 Å². The smallest absolute Gasteiger partial charge is 0.470 e. The summed E-state index contributed by atoms with van der Waals surface area (Å²) in [4.78, 5) is 15.1. The second-order valence-electron chi connectivity index (χ2n) is 8.65. The van der Waals surface area contributed by atoms with E-state index in [0.29, 0.717) is 17.9 Å². The van der Waals surface area contributed by atoms with E-state index in [0.717, 1.165) is 11.1 Å². The van der Waals surface area contributed by atoms with Gasteiger partial charge in [0.25, 0.3) is 0 Å². The van der Waals surface area contributed by atoms with Gasteiger partial charge in [0.1, 0.15) is 12.4 Å². The number of benzene rings is 2. The van der Waals surface area contributed by atoms with Crippen LogP contribution in [-0.4, -0.2) is 27.6 Å². The van der Waals surface area contributed by atoms with Crippen molar-refractivity contribution < 1.29 is 27.1 Å². The zero-order valence-corrected chi connectivity index (χ0v) is 17.8. The predicted octanol–water partition coefficient (Wildman–Crippen LogP) is 5.26. The molecular weight excluding hydrogens is 423 g/mol. The van der Waals surface area contributed by atoms with E-state index in [9.17, 15) is 18.0 Å². The van der Waals surface area contributed by atoms with Gasteiger partial charge in [0.15, 0.2) is 0 Å². The van der Waals surface area contributed by atoms with Crippen molar-refractivity contribution in [3.05, 3.63) is 65.5 Å². The average Bonchev–Trinajstić information content (AvgIpc) is 3.16. The van der Waals surface area contributed by atoms with Crippen LogP contribution in [-0.2, 0) is 17.5 Å². The molecule has 168 valence electrons. The molecule has 1 aromatic heterocycles. The minimum absolute atomic E-state index is 0.0291. The van der Waals surface area contributed by atoms with Crippen LogP contribution in [0.15, 0.2) is 52.9 Å². The van der Waals surface area contributed by atoms with Crippen molar-refractivity contribution in [1.82, 2.24) is 15.1 Å². The van der Waals surface area contributed by atoms with Gasteiger partial charge in [-0.15, -0.1) is 10.2 Å². The predicted molar refractivity (Wildman–Crippen MR) is 109 cm³/mol. The highest BCUT2D eigenvalue weighted by Crippen LogP contribution is 2.37. The Morgan fingerprint density at radius 3 is 2.41 bits per heavy atom. The summed E-state index contributed by atoms with van der Waals surface area (Å²) in [5.41, 5.74) is 1.37. The quantitative estimate of drug-likeness (QED) is 0.538. The minimum atomic E-state index is -4.72. The normalized spacial score (nSPS) is 16.8.